The molecule has 3 heterocycles. The number of anilines is 1. The van der Waals surface area contributed by atoms with Gasteiger partial charge in [-0.05, 0) is 17.7 Å². The van der Waals surface area contributed by atoms with Crippen molar-refractivity contribution in [1.29, 1.82) is 0 Å². The highest BCUT2D eigenvalue weighted by atomic mass is 35.5. The normalized spacial score (nSPS) is 16.2. The fourth-order valence-corrected chi connectivity index (χ4v) is 2.85. The maximum Gasteiger partial charge on any atom is 0.258 e. The van der Waals surface area contributed by atoms with Crippen LogP contribution < -0.4 is 10.6 Å². The molecule has 1 aliphatic rings. The van der Waals surface area contributed by atoms with E-state index in [0.717, 1.165) is 18.7 Å². The van der Waals surface area contributed by atoms with Crippen LogP contribution in [-0.2, 0) is 4.74 Å². The SMILES string of the molecule is Cl.O=C(Nc1ccc(C2CNCCO2)cc1)c1cnn(-c2cnc(Cl)cn2)c1. The number of halogens is 2. The molecule has 2 N–H and O–H groups in total. The molecule has 1 unspecified atom stereocenters. The van der Waals surface area contributed by atoms with Gasteiger partial charge in [-0.2, -0.15) is 5.10 Å². The van der Waals surface area contributed by atoms with E-state index >= 15 is 0 Å². The highest BCUT2D eigenvalue weighted by Crippen LogP contribution is 2.21. The summed E-state index contributed by atoms with van der Waals surface area (Å²) in [7, 11) is 0. The molecule has 0 spiro atoms. The summed E-state index contributed by atoms with van der Waals surface area (Å²) in [4.78, 5) is 20.5. The van der Waals surface area contributed by atoms with Crippen molar-refractivity contribution in [3.05, 3.63) is 65.3 Å². The summed E-state index contributed by atoms with van der Waals surface area (Å²) >= 11 is 5.73. The second-order valence-electron chi connectivity index (χ2n) is 6.01. The third-order valence-electron chi connectivity index (χ3n) is 4.15. The Morgan fingerprint density at radius 3 is 2.71 bits per heavy atom. The topological polar surface area (TPSA) is 94.0 Å². The van der Waals surface area contributed by atoms with Gasteiger partial charge in [0.25, 0.3) is 5.91 Å². The van der Waals surface area contributed by atoms with Crippen LogP contribution in [0.5, 0.6) is 0 Å². The van der Waals surface area contributed by atoms with Crippen molar-refractivity contribution in [2.75, 3.05) is 25.0 Å². The minimum absolute atomic E-state index is 0. The molecular weight excluding hydrogens is 403 g/mol. The first kappa shape index (κ1) is 20.2. The standard InChI is InChI=1S/C18H17ClN6O2.ClH/c19-16-9-22-17(10-21-16)25-11-13(7-23-25)18(26)24-14-3-1-12(2-4-14)15-8-20-5-6-27-15;/h1-4,7,9-11,15,20H,5-6,8H2,(H,24,26);1H. The number of amides is 1. The number of ether oxygens (including phenoxy) is 1. The Bertz CT molecular complexity index is 924. The molecule has 1 fully saturated rings. The van der Waals surface area contributed by atoms with Gasteiger partial charge >= 0.3 is 0 Å². The second-order valence-corrected chi connectivity index (χ2v) is 6.40. The second kappa shape index (κ2) is 9.11. The molecule has 1 atom stereocenters. The van der Waals surface area contributed by atoms with Gasteiger partial charge in [-0.1, -0.05) is 23.7 Å². The van der Waals surface area contributed by atoms with Gasteiger partial charge in [0.05, 0.1) is 36.9 Å². The number of hydrogen-bond acceptors (Lipinski definition) is 6. The molecule has 146 valence electrons. The van der Waals surface area contributed by atoms with Crippen molar-refractivity contribution in [3.8, 4) is 5.82 Å². The zero-order chi connectivity index (χ0) is 18.6. The molecule has 10 heteroatoms. The van der Waals surface area contributed by atoms with Crippen LogP contribution in [0.4, 0.5) is 5.69 Å². The van der Waals surface area contributed by atoms with Crippen molar-refractivity contribution >= 4 is 35.6 Å². The van der Waals surface area contributed by atoms with E-state index in [0.29, 0.717) is 28.8 Å². The van der Waals surface area contributed by atoms with Crippen LogP contribution in [0.1, 0.15) is 22.0 Å². The van der Waals surface area contributed by atoms with E-state index in [2.05, 4.69) is 25.7 Å². The average molecular weight is 421 g/mol. The first-order valence-corrected chi connectivity index (χ1v) is 8.83. The zero-order valence-corrected chi connectivity index (χ0v) is 16.3. The van der Waals surface area contributed by atoms with Crippen LogP contribution in [0.15, 0.2) is 49.1 Å². The highest BCUT2D eigenvalue weighted by molar-refractivity contribution is 6.29. The summed E-state index contributed by atoms with van der Waals surface area (Å²) in [5, 5.41) is 10.6. The number of aromatic nitrogens is 4. The largest absolute Gasteiger partial charge is 0.371 e. The highest BCUT2D eigenvalue weighted by Gasteiger charge is 2.16. The van der Waals surface area contributed by atoms with E-state index in [1.54, 1.807) is 6.20 Å². The average Bonchev–Trinajstić information content (AvgIpc) is 3.20. The van der Waals surface area contributed by atoms with Crippen LogP contribution in [0.3, 0.4) is 0 Å². The molecule has 1 amide bonds. The van der Waals surface area contributed by atoms with Crippen molar-refractivity contribution in [2.45, 2.75) is 6.10 Å². The fourth-order valence-electron chi connectivity index (χ4n) is 2.75. The number of rotatable bonds is 4. The van der Waals surface area contributed by atoms with Gasteiger partial charge in [0.2, 0.25) is 0 Å². The fraction of sp³-hybridized carbons (Fsp3) is 0.222. The molecule has 1 aliphatic heterocycles. The van der Waals surface area contributed by atoms with Crippen molar-refractivity contribution in [1.82, 2.24) is 25.1 Å². The van der Waals surface area contributed by atoms with Gasteiger partial charge in [0, 0.05) is 25.0 Å². The van der Waals surface area contributed by atoms with Crippen molar-refractivity contribution in [2.24, 2.45) is 0 Å². The van der Waals surface area contributed by atoms with Gasteiger partial charge in [0.1, 0.15) is 5.15 Å². The monoisotopic (exact) mass is 420 g/mol. The number of benzene rings is 1. The van der Waals surface area contributed by atoms with Crippen LogP contribution in [0.2, 0.25) is 5.15 Å². The Morgan fingerprint density at radius 2 is 2.04 bits per heavy atom. The maximum absolute atomic E-state index is 12.4. The number of nitrogens with one attached hydrogen (secondary N) is 2. The van der Waals surface area contributed by atoms with Gasteiger partial charge in [0.15, 0.2) is 5.82 Å². The smallest absolute Gasteiger partial charge is 0.258 e. The Morgan fingerprint density at radius 1 is 1.21 bits per heavy atom. The van der Waals surface area contributed by atoms with Gasteiger partial charge in [-0.25, -0.2) is 14.6 Å². The maximum atomic E-state index is 12.4. The summed E-state index contributed by atoms with van der Waals surface area (Å²) in [6.45, 7) is 2.36. The Labute approximate surface area is 172 Å². The van der Waals surface area contributed by atoms with Crippen LogP contribution in [-0.4, -0.2) is 45.4 Å². The van der Waals surface area contributed by atoms with E-state index in [-0.39, 0.29) is 24.4 Å². The predicted octanol–water partition coefficient (Wildman–Crippen LogP) is 2.65. The summed E-state index contributed by atoms with van der Waals surface area (Å²) in [6.07, 6.45) is 6.01. The van der Waals surface area contributed by atoms with Crippen LogP contribution in [0, 0.1) is 0 Å². The Kier molecular flexibility index (Phi) is 6.58. The number of morpholine rings is 1. The molecule has 4 rings (SSSR count). The van der Waals surface area contributed by atoms with E-state index in [1.807, 2.05) is 24.3 Å². The number of carbonyl (C=O) groups excluding carboxylic acids is 1. The predicted molar refractivity (Wildman–Crippen MR) is 107 cm³/mol. The summed E-state index contributed by atoms with van der Waals surface area (Å²) in [6, 6.07) is 7.64. The molecule has 1 aromatic carbocycles. The minimum Gasteiger partial charge on any atom is -0.371 e. The molecule has 0 saturated carbocycles. The lowest BCUT2D eigenvalue weighted by atomic mass is 10.1. The Hall–Kier alpha value is -2.52. The lowest BCUT2D eigenvalue weighted by Crippen LogP contribution is -2.33. The first-order chi connectivity index (χ1) is 13.2. The van der Waals surface area contributed by atoms with Crippen molar-refractivity contribution < 1.29 is 9.53 Å². The summed E-state index contributed by atoms with van der Waals surface area (Å²) in [5.74, 6) is 0.218. The van der Waals surface area contributed by atoms with Gasteiger partial charge < -0.3 is 15.4 Å². The van der Waals surface area contributed by atoms with Crippen LogP contribution >= 0.6 is 24.0 Å². The number of carbonyl (C=O) groups is 1. The van der Waals surface area contributed by atoms with Crippen molar-refractivity contribution in [3.63, 3.8) is 0 Å². The van der Waals surface area contributed by atoms with E-state index in [9.17, 15) is 4.79 Å². The quantitative estimate of drug-likeness (QED) is 0.673. The lowest BCUT2D eigenvalue weighted by molar-refractivity contribution is 0.0277. The lowest BCUT2D eigenvalue weighted by Gasteiger charge is -2.24. The van der Waals surface area contributed by atoms with Crippen LogP contribution in [0.25, 0.3) is 5.82 Å². The number of nitrogens with zero attached hydrogens (tertiary/aromatic N) is 4. The Balaban J connectivity index is 0.00000225. The molecule has 3 aromatic rings. The molecule has 0 aliphatic carbocycles. The van der Waals surface area contributed by atoms with E-state index in [1.165, 1.54) is 23.3 Å². The third-order valence-corrected chi connectivity index (χ3v) is 4.35. The summed E-state index contributed by atoms with van der Waals surface area (Å²) in [5.41, 5.74) is 2.19. The molecule has 8 nitrogen and oxygen atoms in total. The minimum atomic E-state index is -0.258. The van der Waals surface area contributed by atoms with Gasteiger partial charge in [-0.3, -0.25) is 4.79 Å². The molecule has 28 heavy (non-hydrogen) atoms. The zero-order valence-electron chi connectivity index (χ0n) is 14.7. The molecule has 1 saturated heterocycles. The number of hydrogen-bond donors (Lipinski definition) is 2. The third kappa shape index (κ3) is 4.66. The van der Waals surface area contributed by atoms with E-state index < -0.39 is 0 Å². The van der Waals surface area contributed by atoms with E-state index in [4.69, 9.17) is 16.3 Å². The molecule has 2 aromatic heterocycles. The van der Waals surface area contributed by atoms with Gasteiger partial charge in [-0.15, -0.1) is 12.4 Å². The molecular formula is C18H18Cl2N6O2. The summed E-state index contributed by atoms with van der Waals surface area (Å²) < 4.78 is 7.19. The molecule has 0 radical (unpaired) electrons. The first-order valence-electron chi connectivity index (χ1n) is 8.45. The molecule has 0 bridgehead atoms.